The first-order chi connectivity index (χ1) is 9.97. The Morgan fingerprint density at radius 2 is 2.14 bits per heavy atom. The maximum Gasteiger partial charge on any atom is 0.314 e. The molecule has 1 fully saturated rings. The number of rotatable bonds is 2. The molecule has 1 aromatic carbocycles. The van der Waals surface area contributed by atoms with Crippen molar-refractivity contribution < 1.29 is 24.2 Å². The van der Waals surface area contributed by atoms with Crippen molar-refractivity contribution in [2.75, 3.05) is 7.11 Å². The number of ketones is 2. The molecule has 0 aromatic heterocycles. The van der Waals surface area contributed by atoms with Crippen molar-refractivity contribution in [3.63, 3.8) is 0 Å². The van der Waals surface area contributed by atoms with E-state index in [0.29, 0.717) is 24.2 Å². The van der Waals surface area contributed by atoms with Gasteiger partial charge in [-0.2, -0.15) is 0 Å². The van der Waals surface area contributed by atoms with E-state index >= 15 is 0 Å². The van der Waals surface area contributed by atoms with Gasteiger partial charge in [0.15, 0.2) is 5.78 Å². The van der Waals surface area contributed by atoms with E-state index in [4.69, 9.17) is 4.74 Å². The number of hydrogen-bond donors (Lipinski definition) is 1. The Morgan fingerprint density at radius 3 is 2.81 bits per heavy atom. The molecule has 1 saturated carbocycles. The molecule has 2 aliphatic rings. The van der Waals surface area contributed by atoms with Gasteiger partial charge in [-0.05, 0) is 43.0 Å². The summed E-state index contributed by atoms with van der Waals surface area (Å²) in [6.07, 6.45) is 1.20. The van der Waals surface area contributed by atoms with Crippen molar-refractivity contribution in [3.8, 4) is 5.75 Å². The fourth-order valence-electron chi connectivity index (χ4n) is 3.53. The quantitative estimate of drug-likeness (QED) is 0.840. The third kappa shape index (κ3) is 2.04. The van der Waals surface area contributed by atoms with E-state index < -0.39 is 17.3 Å². The summed E-state index contributed by atoms with van der Waals surface area (Å²) in [6.45, 7) is 0. The molecule has 21 heavy (non-hydrogen) atoms. The highest BCUT2D eigenvalue weighted by Crippen LogP contribution is 2.48. The SMILES string of the molecule is COc1ccc2c(c1)CC1(CCC(=O)C(C(=O)O)C1)C2=O. The lowest BCUT2D eigenvalue weighted by Crippen LogP contribution is -2.41. The minimum absolute atomic E-state index is 0.0288. The van der Waals surface area contributed by atoms with Crippen LogP contribution in [0.2, 0.25) is 0 Å². The molecular weight excluding hydrogens is 272 g/mol. The van der Waals surface area contributed by atoms with E-state index in [0.717, 1.165) is 5.56 Å². The summed E-state index contributed by atoms with van der Waals surface area (Å²) in [4.78, 5) is 35.7. The van der Waals surface area contributed by atoms with Gasteiger partial charge in [-0.1, -0.05) is 0 Å². The molecule has 2 unspecified atom stereocenters. The number of benzene rings is 1. The van der Waals surface area contributed by atoms with Gasteiger partial charge in [-0.3, -0.25) is 14.4 Å². The van der Waals surface area contributed by atoms with Gasteiger partial charge in [-0.15, -0.1) is 0 Å². The summed E-state index contributed by atoms with van der Waals surface area (Å²) in [5.41, 5.74) is 0.790. The maximum atomic E-state index is 12.7. The van der Waals surface area contributed by atoms with Gasteiger partial charge in [0.1, 0.15) is 17.5 Å². The molecule has 0 saturated heterocycles. The number of aliphatic carboxylic acids is 1. The summed E-state index contributed by atoms with van der Waals surface area (Å²) in [5, 5.41) is 9.19. The molecule has 3 rings (SSSR count). The zero-order valence-electron chi connectivity index (χ0n) is 11.7. The summed E-state index contributed by atoms with van der Waals surface area (Å²) in [7, 11) is 1.56. The molecule has 0 bridgehead atoms. The van der Waals surface area contributed by atoms with Crippen LogP contribution in [0.5, 0.6) is 5.75 Å². The molecule has 0 heterocycles. The van der Waals surface area contributed by atoms with E-state index in [1.807, 2.05) is 6.07 Å². The summed E-state index contributed by atoms with van der Waals surface area (Å²) >= 11 is 0. The van der Waals surface area contributed by atoms with Crippen molar-refractivity contribution in [2.24, 2.45) is 11.3 Å². The van der Waals surface area contributed by atoms with Gasteiger partial charge < -0.3 is 9.84 Å². The Morgan fingerprint density at radius 1 is 1.38 bits per heavy atom. The van der Waals surface area contributed by atoms with Gasteiger partial charge >= 0.3 is 5.97 Å². The number of carboxylic acids is 1. The second-order valence-electron chi connectivity index (χ2n) is 5.87. The molecule has 2 aliphatic carbocycles. The van der Waals surface area contributed by atoms with Crippen LogP contribution in [-0.2, 0) is 16.0 Å². The minimum atomic E-state index is -1.12. The molecule has 1 aromatic rings. The van der Waals surface area contributed by atoms with E-state index in [1.54, 1.807) is 19.2 Å². The molecule has 5 heteroatoms. The molecule has 5 nitrogen and oxygen atoms in total. The van der Waals surface area contributed by atoms with Crippen LogP contribution in [0, 0.1) is 11.3 Å². The lowest BCUT2D eigenvalue weighted by molar-refractivity contribution is -0.149. The van der Waals surface area contributed by atoms with E-state index in [9.17, 15) is 19.5 Å². The zero-order chi connectivity index (χ0) is 15.2. The first-order valence-corrected chi connectivity index (χ1v) is 6.94. The molecule has 1 N–H and O–H groups in total. The number of ether oxygens (including phenoxy) is 1. The standard InChI is InChI=1S/C16H16O5/c1-21-10-2-3-11-9(6-10)7-16(14(11)18)5-4-13(17)12(8-16)15(19)20/h2-3,6,12H,4-5,7-8H2,1H3,(H,19,20). The summed E-state index contributed by atoms with van der Waals surface area (Å²) in [6, 6.07) is 5.30. The van der Waals surface area contributed by atoms with Crippen molar-refractivity contribution in [1.29, 1.82) is 0 Å². The van der Waals surface area contributed by atoms with Crippen LogP contribution < -0.4 is 4.74 Å². The first kappa shape index (κ1) is 13.8. The number of carbonyl (C=O) groups is 3. The molecule has 0 aliphatic heterocycles. The second-order valence-corrected chi connectivity index (χ2v) is 5.87. The average molecular weight is 288 g/mol. The Bertz CT molecular complexity index is 648. The number of methoxy groups -OCH3 is 1. The fraction of sp³-hybridized carbons (Fsp3) is 0.438. The topological polar surface area (TPSA) is 80.7 Å². The first-order valence-electron chi connectivity index (χ1n) is 6.94. The molecule has 0 radical (unpaired) electrons. The van der Waals surface area contributed by atoms with Crippen molar-refractivity contribution in [2.45, 2.75) is 25.7 Å². The lowest BCUT2D eigenvalue weighted by Gasteiger charge is -2.34. The van der Waals surface area contributed by atoms with Crippen molar-refractivity contribution in [1.82, 2.24) is 0 Å². The maximum absolute atomic E-state index is 12.7. The summed E-state index contributed by atoms with van der Waals surface area (Å²) in [5.74, 6) is -1.80. The number of hydrogen-bond acceptors (Lipinski definition) is 4. The van der Waals surface area contributed by atoms with Crippen LogP contribution >= 0.6 is 0 Å². The molecule has 0 amide bonds. The number of carbonyl (C=O) groups excluding carboxylic acids is 2. The third-order valence-corrected chi connectivity index (χ3v) is 4.70. The fourth-order valence-corrected chi connectivity index (χ4v) is 3.53. The average Bonchev–Trinajstić information content (AvgIpc) is 2.73. The highest BCUT2D eigenvalue weighted by atomic mass is 16.5. The Kier molecular flexibility index (Phi) is 3.08. The van der Waals surface area contributed by atoms with Crippen molar-refractivity contribution in [3.05, 3.63) is 29.3 Å². The smallest absolute Gasteiger partial charge is 0.314 e. The van der Waals surface area contributed by atoms with Gasteiger partial charge in [-0.25, -0.2) is 0 Å². The van der Waals surface area contributed by atoms with Crippen LogP contribution in [-0.4, -0.2) is 29.8 Å². The van der Waals surface area contributed by atoms with Crippen molar-refractivity contribution >= 4 is 17.5 Å². The highest BCUT2D eigenvalue weighted by Gasteiger charge is 2.51. The largest absolute Gasteiger partial charge is 0.497 e. The van der Waals surface area contributed by atoms with E-state index in [2.05, 4.69) is 0 Å². The van der Waals surface area contributed by atoms with Crippen LogP contribution in [0.15, 0.2) is 18.2 Å². The molecule has 1 spiro atoms. The Labute approximate surface area is 121 Å². The second kappa shape index (κ2) is 4.69. The van der Waals surface area contributed by atoms with Crippen LogP contribution in [0.3, 0.4) is 0 Å². The predicted molar refractivity (Wildman–Crippen MR) is 73.4 cm³/mol. The van der Waals surface area contributed by atoms with Gasteiger partial charge in [0.05, 0.1) is 7.11 Å². The number of fused-ring (bicyclic) bond motifs is 1. The normalized spacial score (nSPS) is 27.8. The van der Waals surface area contributed by atoms with Gasteiger partial charge in [0, 0.05) is 17.4 Å². The van der Waals surface area contributed by atoms with Gasteiger partial charge in [0.25, 0.3) is 0 Å². The summed E-state index contributed by atoms with van der Waals surface area (Å²) < 4.78 is 5.17. The molecular formula is C16H16O5. The molecule has 110 valence electrons. The van der Waals surface area contributed by atoms with E-state index in [1.165, 1.54) is 0 Å². The van der Waals surface area contributed by atoms with Crippen LogP contribution in [0.4, 0.5) is 0 Å². The highest BCUT2D eigenvalue weighted by molar-refractivity contribution is 6.08. The Hall–Kier alpha value is -2.17. The predicted octanol–water partition coefficient (Wildman–Crippen LogP) is 1.87. The Balaban J connectivity index is 1.96. The zero-order valence-corrected chi connectivity index (χ0v) is 11.7. The third-order valence-electron chi connectivity index (χ3n) is 4.70. The number of carboxylic acid groups (broad SMARTS) is 1. The lowest BCUT2D eigenvalue weighted by atomic mass is 9.67. The minimum Gasteiger partial charge on any atom is -0.497 e. The monoisotopic (exact) mass is 288 g/mol. The van der Waals surface area contributed by atoms with Crippen LogP contribution in [0.1, 0.15) is 35.2 Å². The molecule has 2 atom stereocenters. The van der Waals surface area contributed by atoms with Crippen LogP contribution in [0.25, 0.3) is 0 Å². The van der Waals surface area contributed by atoms with Gasteiger partial charge in [0.2, 0.25) is 0 Å². The van der Waals surface area contributed by atoms with E-state index in [-0.39, 0.29) is 24.4 Å². The number of Topliss-reactive ketones (excluding diaryl/α,β-unsaturated/α-hetero) is 2.